The first-order valence-corrected chi connectivity index (χ1v) is 8.61. The van der Waals surface area contributed by atoms with Crippen LogP contribution in [0.25, 0.3) is 0 Å². The van der Waals surface area contributed by atoms with Gasteiger partial charge in [-0.15, -0.1) is 10.2 Å². The van der Waals surface area contributed by atoms with E-state index in [-0.39, 0.29) is 23.8 Å². The van der Waals surface area contributed by atoms with Gasteiger partial charge in [-0.25, -0.2) is 0 Å². The molecule has 1 aromatic heterocycles. The summed E-state index contributed by atoms with van der Waals surface area (Å²) in [5, 5.41) is 19.4. The van der Waals surface area contributed by atoms with Crippen molar-refractivity contribution in [3.05, 3.63) is 12.2 Å². The highest BCUT2D eigenvalue weighted by Gasteiger charge is 2.38. The molecule has 1 amide bonds. The summed E-state index contributed by atoms with van der Waals surface area (Å²) in [5.41, 5.74) is 0.0446. The second-order valence-corrected chi connectivity index (χ2v) is 6.56. The van der Waals surface area contributed by atoms with Crippen LogP contribution in [0.5, 0.6) is 0 Å². The Morgan fingerprint density at radius 1 is 1.33 bits per heavy atom. The van der Waals surface area contributed by atoms with E-state index in [1.807, 2.05) is 6.07 Å². The average Bonchev–Trinajstić information content (AvgIpc) is 3.08. The van der Waals surface area contributed by atoms with Crippen LogP contribution in [0.3, 0.4) is 0 Å². The molecule has 0 unspecified atom stereocenters. The molecule has 1 aliphatic heterocycles. The van der Waals surface area contributed by atoms with Crippen molar-refractivity contribution in [3.8, 4) is 6.07 Å². The Labute approximate surface area is 141 Å². The van der Waals surface area contributed by atoms with Crippen molar-refractivity contribution in [1.29, 1.82) is 5.26 Å². The highest BCUT2D eigenvalue weighted by molar-refractivity contribution is 5.75. The monoisotopic (exact) mass is 332 g/mol. The lowest BCUT2D eigenvalue weighted by molar-refractivity contribution is -0.123. The molecule has 2 fully saturated rings. The molecule has 2 heterocycles. The molecule has 130 valence electrons. The summed E-state index contributed by atoms with van der Waals surface area (Å²) in [5.74, 6) is 0.0511. The lowest BCUT2D eigenvalue weighted by atomic mass is 9.79. The van der Waals surface area contributed by atoms with E-state index in [9.17, 15) is 4.79 Å². The van der Waals surface area contributed by atoms with Crippen molar-refractivity contribution in [2.24, 2.45) is 0 Å². The standard InChI is InChI=1S/C16H24N6O2/c17-10-14-20-19-13-21(14)11-15(23)18-12-16(4-2-1-3-5-16)22-6-8-24-9-7-22/h13H,1-9,11-12H2,(H,18,23). The maximum absolute atomic E-state index is 12.3. The maximum Gasteiger partial charge on any atom is 0.240 e. The lowest BCUT2D eigenvalue weighted by Crippen LogP contribution is -2.59. The fourth-order valence-corrected chi connectivity index (χ4v) is 3.78. The summed E-state index contributed by atoms with van der Waals surface area (Å²) in [7, 11) is 0. The van der Waals surface area contributed by atoms with Crippen molar-refractivity contribution in [3.63, 3.8) is 0 Å². The van der Waals surface area contributed by atoms with Gasteiger partial charge in [0.15, 0.2) is 0 Å². The predicted octanol–water partition coefficient (Wildman–Crippen LogP) is 0.301. The highest BCUT2D eigenvalue weighted by Crippen LogP contribution is 2.33. The number of hydrogen-bond acceptors (Lipinski definition) is 6. The van der Waals surface area contributed by atoms with Crippen molar-refractivity contribution >= 4 is 5.91 Å². The van der Waals surface area contributed by atoms with E-state index >= 15 is 0 Å². The molecule has 1 saturated carbocycles. The van der Waals surface area contributed by atoms with Gasteiger partial charge in [-0.05, 0) is 12.8 Å². The van der Waals surface area contributed by atoms with Crippen molar-refractivity contribution < 1.29 is 9.53 Å². The zero-order valence-corrected chi connectivity index (χ0v) is 13.9. The molecule has 2 aliphatic rings. The molecule has 1 saturated heterocycles. The molecule has 0 aromatic carbocycles. The van der Waals surface area contributed by atoms with Crippen molar-refractivity contribution in [2.75, 3.05) is 32.8 Å². The molecule has 8 heteroatoms. The van der Waals surface area contributed by atoms with Crippen LogP contribution in [-0.2, 0) is 16.1 Å². The van der Waals surface area contributed by atoms with Gasteiger partial charge >= 0.3 is 0 Å². The summed E-state index contributed by atoms with van der Waals surface area (Å²) >= 11 is 0. The fraction of sp³-hybridized carbons (Fsp3) is 0.750. The van der Waals surface area contributed by atoms with Gasteiger partial charge in [-0.3, -0.25) is 14.3 Å². The highest BCUT2D eigenvalue weighted by atomic mass is 16.5. The Bertz CT molecular complexity index is 596. The van der Waals surface area contributed by atoms with Crippen LogP contribution in [0.4, 0.5) is 0 Å². The van der Waals surface area contributed by atoms with E-state index in [4.69, 9.17) is 10.00 Å². The van der Waals surface area contributed by atoms with Gasteiger partial charge in [0.1, 0.15) is 18.9 Å². The van der Waals surface area contributed by atoms with Crippen LogP contribution in [0.1, 0.15) is 37.9 Å². The zero-order valence-electron chi connectivity index (χ0n) is 13.9. The van der Waals surface area contributed by atoms with Crippen LogP contribution >= 0.6 is 0 Å². The minimum Gasteiger partial charge on any atom is -0.379 e. The van der Waals surface area contributed by atoms with Gasteiger partial charge in [-0.1, -0.05) is 19.3 Å². The Hall–Kier alpha value is -1.98. The molecule has 0 atom stereocenters. The number of carbonyl (C=O) groups is 1. The Morgan fingerprint density at radius 3 is 2.79 bits per heavy atom. The van der Waals surface area contributed by atoms with Crippen LogP contribution in [-0.4, -0.2) is 64.0 Å². The number of amides is 1. The van der Waals surface area contributed by atoms with E-state index < -0.39 is 0 Å². The topological polar surface area (TPSA) is 96.1 Å². The van der Waals surface area contributed by atoms with E-state index in [1.54, 1.807) is 0 Å². The smallest absolute Gasteiger partial charge is 0.240 e. The van der Waals surface area contributed by atoms with E-state index in [1.165, 1.54) is 30.2 Å². The van der Waals surface area contributed by atoms with Crippen LogP contribution < -0.4 is 5.32 Å². The molecule has 24 heavy (non-hydrogen) atoms. The minimum absolute atomic E-state index is 0.0446. The van der Waals surface area contributed by atoms with Gasteiger partial charge in [0.2, 0.25) is 11.7 Å². The number of carbonyl (C=O) groups excluding carboxylic acids is 1. The normalized spacial score (nSPS) is 21.1. The van der Waals surface area contributed by atoms with E-state index in [0.29, 0.717) is 6.54 Å². The number of hydrogen-bond donors (Lipinski definition) is 1. The van der Waals surface area contributed by atoms with Gasteiger partial charge < -0.3 is 10.1 Å². The first kappa shape index (κ1) is 16.9. The molecule has 0 spiro atoms. The van der Waals surface area contributed by atoms with Gasteiger partial charge in [0.25, 0.3) is 0 Å². The molecule has 8 nitrogen and oxygen atoms in total. The Morgan fingerprint density at radius 2 is 2.08 bits per heavy atom. The van der Waals surface area contributed by atoms with Crippen molar-refractivity contribution in [1.82, 2.24) is 25.0 Å². The van der Waals surface area contributed by atoms with Crippen LogP contribution in [0.15, 0.2) is 6.33 Å². The first-order chi connectivity index (χ1) is 11.7. The van der Waals surface area contributed by atoms with Gasteiger partial charge in [0, 0.05) is 25.2 Å². The SMILES string of the molecule is N#Cc1nncn1CC(=O)NCC1(N2CCOCC2)CCCCC1. The third-order valence-corrected chi connectivity index (χ3v) is 5.11. The summed E-state index contributed by atoms with van der Waals surface area (Å²) in [4.78, 5) is 14.8. The van der Waals surface area contributed by atoms with E-state index in [0.717, 1.165) is 39.1 Å². The molecular weight excluding hydrogens is 308 g/mol. The quantitative estimate of drug-likeness (QED) is 0.833. The summed E-state index contributed by atoms with van der Waals surface area (Å²) in [6, 6.07) is 1.93. The van der Waals surface area contributed by atoms with Crippen molar-refractivity contribution in [2.45, 2.75) is 44.2 Å². The van der Waals surface area contributed by atoms with Gasteiger partial charge in [-0.2, -0.15) is 5.26 Å². The third-order valence-electron chi connectivity index (χ3n) is 5.11. The number of nitrogens with one attached hydrogen (secondary N) is 1. The number of nitriles is 1. The largest absolute Gasteiger partial charge is 0.379 e. The number of morpholine rings is 1. The summed E-state index contributed by atoms with van der Waals surface area (Å²) in [6.45, 7) is 4.12. The molecule has 1 aliphatic carbocycles. The van der Waals surface area contributed by atoms with Crippen LogP contribution in [0, 0.1) is 11.3 Å². The second-order valence-electron chi connectivity index (χ2n) is 6.56. The number of rotatable bonds is 5. The number of ether oxygens (including phenoxy) is 1. The molecule has 0 bridgehead atoms. The molecule has 1 N–H and O–H groups in total. The Kier molecular flexibility index (Phi) is 5.43. The fourth-order valence-electron chi connectivity index (χ4n) is 3.78. The first-order valence-electron chi connectivity index (χ1n) is 8.61. The number of aromatic nitrogens is 3. The molecular formula is C16H24N6O2. The third kappa shape index (κ3) is 3.74. The summed E-state index contributed by atoms with van der Waals surface area (Å²) < 4.78 is 6.95. The molecule has 0 radical (unpaired) electrons. The second kappa shape index (κ2) is 7.73. The lowest BCUT2D eigenvalue weighted by Gasteiger charge is -2.48. The maximum atomic E-state index is 12.3. The Balaban J connectivity index is 1.61. The molecule has 1 aromatic rings. The minimum atomic E-state index is -0.107. The number of nitrogens with zero attached hydrogens (tertiary/aromatic N) is 5. The average molecular weight is 332 g/mol. The zero-order chi connectivity index (χ0) is 16.8. The predicted molar refractivity (Wildman–Crippen MR) is 86.0 cm³/mol. The summed E-state index contributed by atoms with van der Waals surface area (Å²) in [6.07, 6.45) is 7.32. The van der Waals surface area contributed by atoms with E-state index in [2.05, 4.69) is 20.4 Å². The van der Waals surface area contributed by atoms with Gasteiger partial charge in [0.05, 0.1) is 13.2 Å². The molecule has 3 rings (SSSR count). The van der Waals surface area contributed by atoms with Crippen LogP contribution in [0.2, 0.25) is 0 Å².